The maximum absolute atomic E-state index is 13.1. The highest BCUT2D eigenvalue weighted by atomic mass is 35.5. The molecule has 8 aromatic carbocycles. The Kier molecular flexibility index (Phi) is 20.6. The number of nitrogens with zero attached hydrogens (tertiary/aromatic N) is 4. The Balaban J connectivity index is 0.000000225. The van der Waals surface area contributed by atoms with Crippen molar-refractivity contribution in [1.82, 2.24) is 9.15 Å². The number of phenolic OH excluding ortho intramolecular Hbond substituents is 1. The maximum atomic E-state index is 13.1. The van der Waals surface area contributed by atoms with E-state index in [0.29, 0.717) is 23.0 Å². The molecule has 0 saturated heterocycles. The lowest BCUT2D eigenvalue weighted by molar-refractivity contribution is -0.000203. The molecule has 0 saturated carbocycles. The number of halogens is 1. The minimum absolute atomic E-state index is 0. The average molecular weight is 1360 g/mol. The summed E-state index contributed by atoms with van der Waals surface area (Å²) in [6.07, 6.45) is 2.21. The van der Waals surface area contributed by atoms with Gasteiger partial charge in [0.05, 0.1) is 11.1 Å². The molecule has 2 atom stereocenters. The Morgan fingerprint density at radius 3 is 1.35 bits per heavy atom. The molecule has 14 heteroatoms. The maximum Gasteiger partial charge on any atom is 0.338 e. The van der Waals surface area contributed by atoms with E-state index in [4.69, 9.17) is 14.2 Å². The number of carbonyl (C=O) groups excluding carboxylic acids is 1. The minimum atomic E-state index is -2.23. The molecule has 11 nitrogen and oxygen atoms in total. The van der Waals surface area contributed by atoms with Gasteiger partial charge in [-0.15, -0.1) is 0 Å². The second-order valence-corrected chi connectivity index (χ2v) is 38.9. The molecule has 510 valence electrons. The molecule has 0 aliphatic carbocycles. The normalized spacial score (nSPS) is 17.2. The van der Waals surface area contributed by atoms with E-state index < -0.39 is 27.7 Å². The van der Waals surface area contributed by atoms with E-state index in [2.05, 4.69) is 200 Å². The number of carboxylic acid groups (broad SMARTS) is 1. The van der Waals surface area contributed by atoms with Crippen molar-refractivity contribution in [2.45, 2.75) is 165 Å². The van der Waals surface area contributed by atoms with Crippen molar-refractivity contribution in [1.29, 1.82) is 0 Å². The molecule has 12 rings (SSSR count). The van der Waals surface area contributed by atoms with E-state index in [1.54, 1.807) is 31.4 Å². The van der Waals surface area contributed by atoms with Crippen LogP contribution in [0.4, 0.5) is 22.7 Å². The zero-order valence-corrected chi connectivity index (χ0v) is 62.9. The number of hydrogen-bond acceptors (Lipinski definition) is 8. The number of ether oxygens (including phenoxy) is 3. The fraction of sp³-hybridized carbons (Fsp3) is 0.373. The van der Waals surface area contributed by atoms with Crippen molar-refractivity contribution < 1.29 is 46.4 Å². The molecule has 8 aromatic rings. The van der Waals surface area contributed by atoms with Gasteiger partial charge in [0.15, 0.2) is 17.9 Å². The van der Waals surface area contributed by atoms with Gasteiger partial charge in [-0.3, -0.25) is 0 Å². The number of hydrogen-bond donors (Lipinski definition) is 2. The molecular formula is C83H102ClN4O7Si2+. The van der Waals surface area contributed by atoms with Crippen LogP contribution in [0.2, 0.25) is 26.2 Å². The number of aromatic carboxylic acids is 1. The third-order valence-electron chi connectivity index (χ3n) is 20.9. The molecule has 2 N–H and O–H groups in total. The number of methoxy groups -OCH3 is 1. The van der Waals surface area contributed by atoms with Crippen LogP contribution in [-0.2, 0) is 9.47 Å². The van der Waals surface area contributed by atoms with Crippen LogP contribution in [0.25, 0.3) is 11.1 Å². The molecule has 0 fully saturated rings. The number of aryl methyl sites for hydroxylation is 2. The highest BCUT2D eigenvalue weighted by Gasteiger charge is 2.44. The van der Waals surface area contributed by atoms with Gasteiger partial charge in [-0.05, 0) is 273 Å². The van der Waals surface area contributed by atoms with Crippen molar-refractivity contribution in [3.8, 4) is 11.5 Å². The van der Waals surface area contributed by atoms with Crippen molar-refractivity contribution in [2.24, 2.45) is 0 Å². The predicted molar refractivity (Wildman–Crippen MR) is 403 cm³/mol. The van der Waals surface area contributed by atoms with E-state index in [0.717, 1.165) is 76.7 Å². The smallest absolute Gasteiger partial charge is 0.338 e. The van der Waals surface area contributed by atoms with Gasteiger partial charge in [0.2, 0.25) is 10.7 Å². The predicted octanol–water partition coefficient (Wildman–Crippen LogP) is 9.87. The quantitative estimate of drug-likeness (QED) is 0.0504. The van der Waals surface area contributed by atoms with E-state index in [9.17, 15) is 19.8 Å². The Bertz CT molecular complexity index is 4680. The van der Waals surface area contributed by atoms with Gasteiger partial charge in [-0.25, -0.2) is 18.7 Å². The second kappa shape index (κ2) is 27.3. The van der Waals surface area contributed by atoms with Gasteiger partial charge >= 0.3 is 11.9 Å². The van der Waals surface area contributed by atoms with E-state index in [1.807, 2.05) is 70.2 Å². The molecule has 0 amide bonds. The van der Waals surface area contributed by atoms with E-state index >= 15 is 0 Å². The Morgan fingerprint density at radius 2 is 0.959 bits per heavy atom. The molecule has 4 heterocycles. The number of aromatic hydroxyl groups is 1. The lowest BCUT2D eigenvalue weighted by atomic mass is 9.82. The molecule has 0 bridgehead atoms. The van der Waals surface area contributed by atoms with E-state index in [1.165, 1.54) is 75.3 Å². The van der Waals surface area contributed by atoms with Crippen molar-refractivity contribution in [3.63, 3.8) is 0 Å². The summed E-state index contributed by atoms with van der Waals surface area (Å²) in [7, 11) is 1.37. The lowest BCUT2D eigenvalue weighted by Crippen LogP contribution is -3.00. The number of fused-ring (bicyclic) bond motifs is 6. The van der Waals surface area contributed by atoms with Crippen molar-refractivity contribution in [2.75, 3.05) is 50.9 Å². The van der Waals surface area contributed by atoms with Crippen LogP contribution in [-0.4, -0.2) is 96.1 Å². The van der Waals surface area contributed by atoms with Crippen LogP contribution in [0, 0.1) is 13.8 Å². The highest BCUT2D eigenvalue weighted by Crippen LogP contribution is 2.37. The highest BCUT2D eigenvalue weighted by molar-refractivity contribution is 7.02. The van der Waals surface area contributed by atoms with Crippen LogP contribution in [0.15, 0.2) is 146 Å². The molecule has 4 aliphatic rings. The molecule has 0 aromatic heterocycles. The van der Waals surface area contributed by atoms with Gasteiger partial charge in [0, 0.05) is 80.1 Å². The van der Waals surface area contributed by atoms with Crippen LogP contribution in [0.5, 0.6) is 11.5 Å². The average Bonchev–Trinajstić information content (AvgIpc) is 0.713. The summed E-state index contributed by atoms with van der Waals surface area (Å²) in [5.41, 5.74) is 16.8. The summed E-state index contributed by atoms with van der Waals surface area (Å²) in [6.45, 7) is 40.7. The minimum Gasteiger partial charge on any atom is -1.00 e. The summed E-state index contributed by atoms with van der Waals surface area (Å²) in [5.74, 6) is 0.693. The van der Waals surface area contributed by atoms with Crippen LogP contribution < -0.4 is 78.0 Å². The lowest BCUT2D eigenvalue weighted by Gasteiger charge is -2.36. The Labute approximate surface area is 584 Å². The Morgan fingerprint density at radius 1 is 0.567 bits per heavy atom. The molecule has 0 radical (unpaired) electrons. The summed E-state index contributed by atoms with van der Waals surface area (Å²) < 4.78 is 21.7. The van der Waals surface area contributed by atoms with Gasteiger partial charge in [-0.2, -0.15) is 0 Å². The Hall–Kier alpha value is -8.08. The summed E-state index contributed by atoms with van der Waals surface area (Å²) in [6, 6.07) is 51.0. The number of benzene rings is 8. The second-order valence-electron chi connectivity index (χ2n) is 30.2. The molecular weight excluding hydrogens is 1260 g/mol. The molecule has 4 aliphatic heterocycles. The van der Waals surface area contributed by atoms with Crippen molar-refractivity contribution in [3.05, 3.63) is 222 Å². The van der Waals surface area contributed by atoms with Crippen molar-refractivity contribution >= 4 is 82.7 Å². The van der Waals surface area contributed by atoms with E-state index in [-0.39, 0.29) is 49.4 Å². The summed E-state index contributed by atoms with van der Waals surface area (Å²) >= 11 is 0. The number of carbonyl (C=O) groups is 2. The van der Waals surface area contributed by atoms with Crippen LogP contribution >= 0.6 is 0 Å². The first-order valence-electron chi connectivity index (χ1n) is 33.8. The topological polar surface area (TPSA) is 115 Å². The van der Waals surface area contributed by atoms with Crippen LogP contribution in [0.1, 0.15) is 173 Å². The SMILES string of the molecule is C.CC[N+]1=c2cc3c(cc2C(C)CC1(C)C)=C(c1ccc(C(=O)O)cc1C)c1ccc(N(C)c2ccc(O)cc2)cc1[Si]3(C)C.CC[N+]1=c2cc3c(cc2C(C)CC1(C)C)=C(c1ccc(C(=O)OC(C)(C)C)cc1C)c1ccc(N(C)c2ccc(OCOC)cc2)cc1[Si]3(C)C.[Cl-]. The van der Waals surface area contributed by atoms with Crippen LogP contribution in [0.3, 0.4) is 0 Å². The number of rotatable bonds is 13. The standard InChI is InChI=1S/C44H55N2O4Si.C38H42N2O3Si.CH4.ClH/c1-13-46-38-25-40-37(24-36(38)29(3)26-44(46,7)8)41(34-20-14-30(22-28(34)2)42(47)50-43(4,5)6)35-21-17-32(23-39(35)51(40,11)12)45(9)31-15-18-33(19-16-31)49-27-48-10;1-9-40-33-21-35-32(20-31(33)24(3)22-38(40,4)5)36(29-16-10-25(37(42)43)18-23(29)2)30-17-13-27(19-34(30)44(35,7)8)39(6)26-11-14-28(41)15-12-26;;/h14-25,29H,13,26-27H2,1-12H3;10-21,24H,9,22H2,1-8H3,(H-,41,42,43);1H4;1H/q+1;;;. The monoisotopic (exact) mass is 1360 g/mol. The van der Waals surface area contributed by atoms with Gasteiger partial charge in [0.1, 0.15) is 46.3 Å². The molecule has 97 heavy (non-hydrogen) atoms. The molecule has 2 unspecified atom stereocenters. The third-order valence-corrected chi connectivity index (χ3v) is 28.0. The molecule has 0 spiro atoms. The first kappa shape index (κ1) is 73.2. The van der Waals surface area contributed by atoms with Gasteiger partial charge in [0.25, 0.3) is 0 Å². The first-order valence-corrected chi connectivity index (χ1v) is 39.8. The zero-order valence-electron chi connectivity index (χ0n) is 60.1. The fourth-order valence-electron chi connectivity index (χ4n) is 16.2. The number of anilines is 4. The summed E-state index contributed by atoms with van der Waals surface area (Å²) in [5, 5.41) is 30.6. The zero-order chi connectivity index (χ0) is 68.8. The number of phenols is 1. The number of carboxylic acids is 1. The van der Waals surface area contributed by atoms with Gasteiger partial charge < -0.3 is 46.6 Å². The summed E-state index contributed by atoms with van der Waals surface area (Å²) in [4.78, 5) is 29.4. The fourth-order valence-corrected chi connectivity index (χ4v) is 22.3. The van der Waals surface area contributed by atoms with Gasteiger partial charge in [-0.1, -0.05) is 71.7 Å². The largest absolute Gasteiger partial charge is 1.00 e. The first-order chi connectivity index (χ1) is 44.7. The number of esters is 1. The third kappa shape index (κ3) is 13.5.